The summed E-state index contributed by atoms with van der Waals surface area (Å²) in [6, 6.07) is 7.55. The summed E-state index contributed by atoms with van der Waals surface area (Å²) in [6.45, 7) is 1.28. The SMILES string of the molecule is CN(Cc1ccccc1Cl)C(=O)c1cn(CCC2CCCCC2)nn1. The van der Waals surface area contributed by atoms with Crippen molar-refractivity contribution in [1.29, 1.82) is 0 Å². The second kappa shape index (κ2) is 8.48. The Kier molecular flexibility index (Phi) is 6.08. The Bertz CT molecular complexity index is 709. The molecule has 1 saturated carbocycles. The van der Waals surface area contributed by atoms with Gasteiger partial charge >= 0.3 is 0 Å². The standard InChI is InChI=1S/C19H25ClN4O/c1-23(13-16-9-5-6-10-17(16)20)19(25)18-14-24(22-21-18)12-11-15-7-3-2-4-8-15/h5-6,9-10,14-15H,2-4,7-8,11-13H2,1H3. The molecule has 25 heavy (non-hydrogen) atoms. The van der Waals surface area contributed by atoms with Crippen LogP contribution in [-0.4, -0.2) is 32.8 Å². The number of nitrogens with zero attached hydrogens (tertiary/aromatic N) is 4. The minimum absolute atomic E-state index is 0.135. The van der Waals surface area contributed by atoms with Crippen molar-refractivity contribution in [2.24, 2.45) is 5.92 Å². The van der Waals surface area contributed by atoms with Crippen molar-refractivity contribution in [3.8, 4) is 0 Å². The molecule has 0 atom stereocenters. The summed E-state index contributed by atoms with van der Waals surface area (Å²) in [5, 5.41) is 8.84. The van der Waals surface area contributed by atoms with Crippen LogP contribution >= 0.6 is 11.6 Å². The van der Waals surface area contributed by atoms with Gasteiger partial charge in [-0.3, -0.25) is 9.48 Å². The number of aromatic nitrogens is 3. The quantitative estimate of drug-likeness (QED) is 0.776. The summed E-state index contributed by atoms with van der Waals surface area (Å²) >= 11 is 6.17. The second-order valence-corrected chi connectivity index (χ2v) is 7.32. The van der Waals surface area contributed by atoms with Gasteiger partial charge in [-0.05, 0) is 24.0 Å². The van der Waals surface area contributed by atoms with Crippen LogP contribution in [0.2, 0.25) is 5.02 Å². The predicted molar refractivity (Wildman–Crippen MR) is 98.5 cm³/mol. The molecule has 0 spiro atoms. The van der Waals surface area contributed by atoms with E-state index in [1.165, 1.54) is 32.1 Å². The van der Waals surface area contributed by atoms with Gasteiger partial charge in [0.15, 0.2) is 5.69 Å². The van der Waals surface area contributed by atoms with Gasteiger partial charge in [-0.2, -0.15) is 0 Å². The van der Waals surface area contributed by atoms with Gasteiger partial charge in [0.1, 0.15) is 0 Å². The lowest BCUT2D eigenvalue weighted by Gasteiger charge is -2.20. The molecule has 0 unspecified atom stereocenters. The highest BCUT2D eigenvalue weighted by Gasteiger charge is 2.18. The third-order valence-corrected chi connectivity index (χ3v) is 5.33. The Morgan fingerprint density at radius 2 is 2.04 bits per heavy atom. The summed E-state index contributed by atoms with van der Waals surface area (Å²) in [4.78, 5) is 14.2. The molecule has 1 heterocycles. The average molecular weight is 361 g/mol. The van der Waals surface area contributed by atoms with Gasteiger partial charge in [0.2, 0.25) is 0 Å². The Labute approximate surface area is 154 Å². The van der Waals surface area contributed by atoms with Gasteiger partial charge < -0.3 is 4.90 Å². The molecule has 0 N–H and O–H groups in total. The lowest BCUT2D eigenvalue weighted by molar-refractivity contribution is 0.0779. The zero-order valence-corrected chi connectivity index (χ0v) is 15.5. The molecule has 0 saturated heterocycles. The highest BCUT2D eigenvalue weighted by atomic mass is 35.5. The molecule has 2 aromatic rings. The molecule has 6 heteroatoms. The number of hydrogen-bond donors (Lipinski definition) is 0. The van der Waals surface area contributed by atoms with E-state index in [9.17, 15) is 4.79 Å². The van der Waals surface area contributed by atoms with Gasteiger partial charge in [0, 0.05) is 25.2 Å². The molecule has 1 fully saturated rings. The van der Waals surface area contributed by atoms with Crippen molar-refractivity contribution in [1.82, 2.24) is 19.9 Å². The minimum atomic E-state index is -0.135. The Morgan fingerprint density at radius 1 is 1.28 bits per heavy atom. The zero-order chi connectivity index (χ0) is 17.6. The van der Waals surface area contributed by atoms with E-state index in [-0.39, 0.29) is 5.91 Å². The highest BCUT2D eigenvalue weighted by molar-refractivity contribution is 6.31. The first-order chi connectivity index (χ1) is 12.1. The number of hydrogen-bond acceptors (Lipinski definition) is 3. The van der Waals surface area contributed by atoms with E-state index < -0.39 is 0 Å². The summed E-state index contributed by atoms with van der Waals surface area (Å²) in [5.74, 6) is 0.656. The molecule has 3 rings (SSSR count). The van der Waals surface area contributed by atoms with Crippen LogP contribution in [0, 0.1) is 5.92 Å². The third-order valence-electron chi connectivity index (χ3n) is 4.96. The van der Waals surface area contributed by atoms with Gasteiger partial charge in [-0.1, -0.05) is 67.1 Å². The van der Waals surface area contributed by atoms with Gasteiger partial charge in [0.05, 0.1) is 6.20 Å². The summed E-state index contributed by atoms with van der Waals surface area (Å²) < 4.78 is 1.80. The highest BCUT2D eigenvalue weighted by Crippen LogP contribution is 2.26. The van der Waals surface area contributed by atoms with Crippen molar-refractivity contribution < 1.29 is 4.79 Å². The molecule has 1 aromatic carbocycles. The summed E-state index contributed by atoms with van der Waals surface area (Å²) in [5.41, 5.74) is 1.31. The molecular formula is C19H25ClN4O. The topological polar surface area (TPSA) is 51.0 Å². The van der Waals surface area contributed by atoms with Crippen molar-refractivity contribution in [3.63, 3.8) is 0 Å². The Balaban J connectivity index is 1.55. The smallest absolute Gasteiger partial charge is 0.276 e. The largest absolute Gasteiger partial charge is 0.336 e. The van der Waals surface area contributed by atoms with Crippen LogP contribution in [0.5, 0.6) is 0 Å². The van der Waals surface area contributed by atoms with E-state index in [0.29, 0.717) is 17.3 Å². The maximum atomic E-state index is 12.5. The second-order valence-electron chi connectivity index (χ2n) is 6.91. The fourth-order valence-corrected chi connectivity index (χ4v) is 3.64. The number of carbonyl (C=O) groups excluding carboxylic acids is 1. The van der Waals surface area contributed by atoms with Crippen molar-refractivity contribution in [2.75, 3.05) is 7.05 Å². The van der Waals surface area contributed by atoms with E-state index in [1.807, 2.05) is 24.3 Å². The molecule has 1 aromatic heterocycles. The number of aryl methyl sites for hydroxylation is 1. The first-order valence-corrected chi connectivity index (χ1v) is 9.40. The van der Waals surface area contributed by atoms with Gasteiger partial charge in [-0.25, -0.2) is 0 Å². The average Bonchev–Trinajstić information content (AvgIpc) is 3.11. The molecule has 0 bridgehead atoms. The van der Waals surface area contributed by atoms with Crippen LogP contribution in [0.3, 0.4) is 0 Å². The van der Waals surface area contributed by atoms with Crippen LogP contribution in [0.1, 0.15) is 54.6 Å². The number of benzene rings is 1. The molecule has 1 amide bonds. The Morgan fingerprint density at radius 3 is 2.80 bits per heavy atom. The van der Waals surface area contributed by atoms with Gasteiger partial charge in [-0.15, -0.1) is 5.10 Å². The Hall–Kier alpha value is -1.88. The molecule has 0 aliphatic heterocycles. The molecule has 5 nitrogen and oxygen atoms in total. The first kappa shape index (κ1) is 17.9. The van der Waals surface area contributed by atoms with E-state index in [1.54, 1.807) is 22.8 Å². The number of halogens is 1. The minimum Gasteiger partial charge on any atom is -0.336 e. The van der Waals surface area contributed by atoms with E-state index in [2.05, 4.69) is 10.3 Å². The number of carbonyl (C=O) groups is 1. The van der Waals surface area contributed by atoms with Crippen LogP contribution < -0.4 is 0 Å². The number of rotatable bonds is 6. The normalized spacial score (nSPS) is 15.3. The van der Waals surface area contributed by atoms with Crippen molar-refractivity contribution in [2.45, 2.75) is 51.6 Å². The van der Waals surface area contributed by atoms with E-state index >= 15 is 0 Å². The maximum absolute atomic E-state index is 12.5. The molecule has 0 radical (unpaired) electrons. The summed E-state index contributed by atoms with van der Waals surface area (Å²) in [6.07, 6.45) is 9.58. The summed E-state index contributed by atoms with van der Waals surface area (Å²) in [7, 11) is 1.76. The third kappa shape index (κ3) is 4.82. The fourth-order valence-electron chi connectivity index (χ4n) is 3.45. The predicted octanol–water partition coefficient (Wildman–Crippen LogP) is 4.17. The molecule has 1 aliphatic carbocycles. The molecular weight excluding hydrogens is 336 g/mol. The zero-order valence-electron chi connectivity index (χ0n) is 14.7. The number of amides is 1. The van der Waals surface area contributed by atoms with Crippen molar-refractivity contribution in [3.05, 3.63) is 46.7 Å². The van der Waals surface area contributed by atoms with Gasteiger partial charge in [0.25, 0.3) is 5.91 Å². The first-order valence-electron chi connectivity index (χ1n) is 9.02. The van der Waals surface area contributed by atoms with Crippen LogP contribution in [-0.2, 0) is 13.1 Å². The van der Waals surface area contributed by atoms with Crippen molar-refractivity contribution >= 4 is 17.5 Å². The van der Waals surface area contributed by atoms with Crippen LogP contribution in [0.25, 0.3) is 0 Å². The lowest BCUT2D eigenvalue weighted by atomic mass is 9.87. The van der Waals surface area contributed by atoms with E-state index in [0.717, 1.165) is 24.4 Å². The van der Waals surface area contributed by atoms with E-state index in [4.69, 9.17) is 11.6 Å². The lowest BCUT2D eigenvalue weighted by Crippen LogP contribution is -2.26. The monoisotopic (exact) mass is 360 g/mol. The van der Waals surface area contributed by atoms with Crippen LogP contribution in [0.15, 0.2) is 30.5 Å². The molecule has 1 aliphatic rings. The maximum Gasteiger partial charge on any atom is 0.276 e. The van der Waals surface area contributed by atoms with Crippen LogP contribution in [0.4, 0.5) is 0 Å². The molecule has 134 valence electrons. The fraction of sp³-hybridized carbons (Fsp3) is 0.526.